The number of rotatable bonds is 6. The van der Waals surface area contributed by atoms with Gasteiger partial charge >= 0.3 is 0 Å². The van der Waals surface area contributed by atoms with Crippen LogP contribution in [-0.4, -0.2) is 71.8 Å². The van der Waals surface area contributed by atoms with Crippen molar-refractivity contribution in [1.29, 1.82) is 0 Å². The molecule has 0 aliphatic carbocycles. The van der Waals surface area contributed by atoms with Crippen molar-refractivity contribution in [2.45, 2.75) is 24.8 Å². The van der Waals surface area contributed by atoms with Crippen molar-refractivity contribution in [2.24, 2.45) is 0 Å². The molecule has 0 atom stereocenters. The Kier molecular flexibility index (Phi) is 5.14. The highest BCUT2D eigenvalue weighted by atomic mass is 32.2. The maximum absolute atomic E-state index is 12.5. The quantitative estimate of drug-likeness (QED) is 0.773. The van der Waals surface area contributed by atoms with E-state index in [1.165, 1.54) is 16.7 Å². The molecule has 0 spiro atoms. The van der Waals surface area contributed by atoms with Crippen LogP contribution in [0.15, 0.2) is 17.3 Å². The van der Waals surface area contributed by atoms with Crippen LogP contribution in [0.5, 0.6) is 0 Å². The first-order chi connectivity index (χ1) is 9.57. The second-order valence-electron chi connectivity index (χ2n) is 4.85. The summed E-state index contributed by atoms with van der Waals surface area (Å²) >= 11 is 0. The van der Waals surface area contributed by atoms with E-state index in [9.17, 15) is 8.42 Å². The molecule has 0 amide bonds. The fourth-order valence-corrected chi connectivity index (χ4v) is 3.65. The number of sulfonamides is 1. The molecule has 1 aromatic heterocycles. The van der Waals surface area contributed by atoms with E-state index in [1.54, 1.807) is 4.68 Å². The van der Waals surface area contributed by atoms with Crippen LogP contribution in [0.4, 0.5) is 0 Å². The molecule has 20 heavy (non-hydrogen) atoms. The second-order valence-corrected chi connectivity index (χ2v) is 6.79. The Morgan fingerprint density at radius 2 is 2.00 bits per heavy atom. The molecule has 0 aromatic carbocycles. The highest BCUT2D eigenvalue weighted by Gasteiger charge is 2.28. The maximum atomic E-state index is 12.5. The van der Waals surface area contributed by atoms with Crippen molar-refractivity contribution < 1.29 is 13.5 Å². The van der Waals surface area contributed by atoms with Gasteiger partial charge in [-0.05, 0) is 13.0 Å². The van der Waals surface area contributed by atoms with Crippen LogP contribution >= 0.6 is 0 Å². The highest BCUT2D eigenvalue weighted by Crippen LogP contribution is 2.17. The number of likely N-dealkylation sites (N-methyl/N-ethyl adjacent to an activating group) is 1. The number of hydrogen-bond donors (Lipinski definition) is 1. The summed E-state index contributed by atoms with van der Waals surface area (Å²) in [5.41, 5.74) is 0. The standard InChI is InChI=1S/C12H22N4O3S/c1-2-14-5-7-16(8-6-14)20(18,19)12-10-13-15(11-12)4-3-9-17/h10-11,17H,2-9H2,1H3. The third kappa shape index (κ3) is 3.38. The molecule has 1 N–H and O–H groups in total. The number of nitrogens with zero attached hydrogens (tertiary/aromatic N) is 4. The number of hydrogen-bond acceptors (Lipinski definition) is 5. The summed E-state index contributed by atoms with van der Waals surface area (Å²) in [7, 11) is -3.44. The Bertz CT molecular complexity index is 521. The van der Waals surface area contributed by atoms with Crippen LogP contribution in [-0.2, 0) is 16.6 Å². The molecule has 1 aliphatic heterocycles. The Balaban J connectivity index is 2.04. The van der Waals surface area contributed by atoms with Gasteiger partial charge in [0, 0.05) is 45.5 Å². The number of aromatic nitrogens is 2. The van der Waals surface area contributed by atoms with Crippen molar-refractivity contribution in [3.63, 3.8) is 0 Å². The number of piperazine rings is 1. The van der Waals surface area contributed by atoms with Gasteiger partial charge in [0.2, 0.25) is 10.0 Å². The fraction of sp³-hybridized carbons (Fsp3) is 0.750. The summed E-state index contributed by atoms with van der Waals surface area (Å²) in [6, 6.07) is 0. The number of aliphatic hydroxyl groups is 1. The van der Waals surface area contributed by atoms with Gasteiger partial charge in [-0.2, -0.15) is 9.40 Å². The average molecular weight is 302 g/mol. The average Bonchev–Trinajstić information content (AvgIpc) is 2.94. The molecule has 0 saturated carbocycles. The van der Waals surface area contributed by atoms with Crippen molar-refractivity contribution in [2.75, 3.05) is 39.3 Å². The minimum atomic E-state index is -3.44. The molecule has 2 heterocycles. The topological polar surface area (TPSA) is 78.7 Å². The lowest BCUT2D eigenvalue weighted by molar-refractivity contribution is 0.196. The zero-order chi connectivity index (χ0) is 14.6. The lowest BCUT2D eigenvalue weighted by atomic mass is 10.4. The van der Waals surface area contributed by atoms with Gasteiger partial charge in [0.05, 0.1) is 6.20 Å². The molecule has 1 aliphatic rings. The van der Waals surface area contributed by atoms with Crippen LogP contribution < -0.4 is 0 Å². The Labute approximate surface area is 119 Å². The molecular formula is C12H22N4O3S. The van der Waals surface area contributed by atoms with E-state index in [4.69, 9.17) is 5.11 Å². The van der Waals surface area contributed by atoms with Gasteiger partial charge in [-0.1, -0.05) is 6.92 Å². The van der Waals surface area contributed by atoms with Gasteiger partial charge < -0.3 is 10.0 Å². The zero-order valence-electron chi connectivity index (χ0n) is 11.8. The van der Waals surface area contributed by atoms with Crippen LogP contribution in [0.3, 0.4) is 0 Å². The monoisotopic (exact) mass is 302 g/mol. The van der Waals surface area contributed by atoms with Gasteiger partial charge in [-0.3, -0.25) is 4.68 Å². The van der Waals surface area contributed by atoms with E-state index in [2.05, 4.69) is 16.9 Å². The van der Waals surface area contributed by atoms with Crippen molar-refractivity contribution >= 4 is 10.0 Å². The highest BCUT2D eigenvalue weighted by molar-refractivity contribution is 7.89. The fourth-order valence-electron chi connectivity index (χ4n) is 2.27. The molecule has 0 unspecified atom stereocenters. The van der Waals surface area contributed by atoms with E-state index in [0.717, 1.165) is 19.6 Å². The van der Waals surface area contributed by atoms with Crippen molar-refractivity contribution in [3.05, 3.63) is 12.4 Å². The molecular weight excluding hydrogens is 280 g/mol. The molecule has 1 fully saturated rings. The first-order valence-corrected chi connectivity index (χ1v) is 8.37. The van der Waals surface area contributed by atoms with Crippen molar-refractivity contribution in [1.82, 2.24) is 19.0 Å². The summed E-state index contributed by atoms with van der Waals surface area (Å²) in [4.78, 5) is 2.47. The normalized spacial score (nSPS) is 18.5. The lowest BCUT2D eigenvalue weighted by Crippen LogP contribution is -2.48. The SMILES string of the molecule is CCN1CCN(S(=O)(=O)c2cnn(CCCO)c2)CC1. The van der Waals surface area contributed by atoms with E-state index >= 15 is 0 Å². The van der Waals surface area contributed by atoms with E-state index in [1.807, 2.05) is 0 Å². The van der Waals surface area contributed by atoms with Crippen LogP contribution in [0.1, 0.15) is 13.3 Å². The maximum Gasteiger partial charge on any atom is 0.246 e. The number of aliphatic hydroxyl groups excluding tert-OH is 1. The van der Waals surface area contributed by atoms with E-state index < -0.39 is 10.0 Å². The summed E-state index contributed by atoms with van der Waals surface area (Å²) in [5, 5.41) is 12.8. The number of aryl methyl sites for hydroxylation is 1. The molecule has 8 heteroatoms. The molecule has 114 valence electrons. The molecule has 2 rings (SSSR count). The van der Waals surface area contributed by atoms with E-state index in [0.29, 0.717) is 26.1 Å². The largest absolute Gasteiger partial charge is 0.396 e. The van der Waals surface area contributed by atoms with Gasteiger partial charge in [-0.25, -0.2) is 8.42 Å². The predicted octanol–water partition coefficient (Wildman–Crippen LogP) is -0.408. The lowest BCUT2D eigenvalue weighted by Gasteiger charge is -2.32. The Hall–Kier alpha value is -0.960. The summed E-state index contributed by atoms with van der Waals surface area (Å²) in [6.07, 6.45) is 3.49. The van der Waals surface area contributed by atoms with Gasteiger partial charge in [0.1, 0.15) is 4.90 Å². The van der Waals surface area contributed by atoms with Gasteiger partial charge in [0.15, 0.2) is 0 Å². The smallest absolute Gasteiger partial charge is 0.246 e. The van der Waals surface area contributed by atoms with Crippen LogP contribution in [0.25, 0.3) is 0 Å². The molecule has 1 aromatic rings. The van der Waals surface area contributed by atoms with Crippen LogP contribution in [0, 0.1) is 0 Å². The summed E-state index contributed by atoms with van der Waals surface area (Å²) in [6.45, 7) is 6.22. The second kappa shape index (κ2) is 6.66. The first kappa shape index (κ1) is 15.4. The predicted molar refractivity (Wildman–Crippen MR) is 74.8 cm³/mol. The third-order valence-electron chi connectivity index (χ3n) is 3.57. The van der Waals surface area contributed by atoms with Gasteiger partial charge in [0.25, 0.3) is 0 Å². The summed E-state index contributed by atoms with van der Waals surface area (Å²) < 4.78 is 28.0. The molecule has 1 saturated heterocycles. The minimum Gasteiger partial charge on any atom is -0.396 e. The minimum absolute atomic E-state index is 0.0704. The Morgan fingerprint density at radius 3 is 2.60 bits per heavy atom. The molecule has 0 radical (unpaired) electrons. The third-order valence-corrected chi connectivity index (χ3v) is 5.42. The van der Waals surface area contributed by atoms with E-state index in [-0.39, 0.29) is 11.5 Å². The zero-order valence-corrected chi connectivity index (χ0v) is 12.6. The summed E-state index contributed by atoms with van der Waals surface area (Å²) in [5.74, 6) is 0. The Morgan fingerprint density at radius 1 is 1.30 bits per heavy atom. The molecule has 7 nitrogen and oxygen atoms in total. The first-order valence-electron chi connectivity index (χ1n) is 6.93. The molecule has 0 bridgehead atoms. The van der Waals surface area contributed by atoms with Gasteiger partial charge in [-0.15, -0.1) is 0 Å². The van der Waals surface area contributed by atoms with Crippen molar-refractivity contribution in [3.8, 4) is 0 Å². The van der Waals surface area contributed by atoms with Crippen LogP contribution in [0.2, 0.25) is 0 Å².